The van der Waals surface area contributed by atoms with Crippen LogP contribution in [0.1, 0.15) is 23.6 Å². The van der Waals surface area contributed by atoms with Crippen LogP contribution in [-0.4, -0.2) is 34.3 Å². The summed E-state index contributed by atoms with van der Waals surface area (Å²) < 4.78 is 0. The number of fused-ring (bicyclic) bond motifs is 2. The molecule has 4 rings (SSSR count). The van der Waals surface area contributed by atoms with Crippen LogP contribution in [0.25, 0.3) is 10.9 Å². The Morgan fingerprint density at radius 1 is 1.11 bits per heavy atom. The van der Waals surface area contributed by atoms with E-state index in [-0.39, 0.29) is 11.8 Å². The average molecular weight is 361 g/mol. The third-order valence-electron chi connectivity index (χ3n) is 5.32. The number of carbonyl (C=O) groups excluding carboxylic acids is 2. The monoisotopic (exact) mass is 361 g/mol. The zero-order valence-corrected chi connectivity index (χ0v) is 15.4. The topological polar surface area (TPSA) is 65.2 Å². The number of hydrogen-bond acceptors (Lipinski definition) is 2. The Balaban J connectivity index is 1.43. The lowest BCUT2D eigenvalue weighted by atomic mass is 9.93. The number of rotatable bonds is 4. The summed E-state index contributed by atoms with van der Waals surface area (Å²) in [6.45, 7) is 2.57. The lowest BCUT2D eigenvalue weighted by molar-refractivity contribution is -0.140. The highest BCUT2D eigenvalue weighted by Crippen LogP contribution is 2.23. The second-order valence-electron chi connectivity index (χ2n) is 7.04. The number of carbonyl (C=O) groups is 2. The molecule has 2 heterocycles. The van der Waals surface area contributed by atoms with E-state index < -0.39 is 6.04 Å². The Kier molecular flexibility index (Phi) is 4.67. The summed E-state index contributed by atoms with van der Waals surface area (Å²) in [6, 6.07) is 15.7. The van der Waals surface area contributed by atoms with Gasteiger partial charge in [0.1, 0.15) is 6.04 Å². The van der Waals surface area contributed by atoms with E-state index in [1.165, 1.54) is 17.9 Å². The Morgan fingerprint density at radius 2 is 1.85 bits per heavy atom. The van der Waals surface area contributed by atoms with Crippen LogP contribution in [0, 0.1) is 0 Å². The molecule has 0 fully saturated rings. The summed E-state index contributed by atoms with van der Waals surface area (Å²) in [4.78, 5) is 29.8. The van der Waals surface area contributed by atoms with Crippen LogP contribution in [-0.2, 0) is 29.0 Å². The van der Waals surface area contributed by atoms with Crippen molar-refractivity contribution >= 4 is 22.7 Å². The highest BCUT2D eigenvalue weighted by molar-refractivity contribution is 5.88. The molecule has 0 saturated heterocycles. The van der Waals surface area contributed by atoms with Crippen molar-refractivity contribution in [1.29, 1.82) is 0 Å². The van der Waals surface area contributed by atoms with Crippen molar-refractivity contribution in [1.82, 2.24) is 15.2 Å². The SMILES string of the molecule is CC(=O)N1Cc2ccccc2C[C@@H]1C(=O)NCCc1c[nH]c2ccccc12. The minimum atomic E-state index is -0.444. The number of benzene rings is 2. The zero-order chi connectivity index (χ0) is 18.8. The molecule has 0 aliphatic carbocycles. The molecule has 2 aromatic carbocycles. The van der Waals surface area contributed by atoms with Crippen molar-refractivity contribution in [2.75, 3.05) is 6.54 Å². The summed E-state index contributed by atoms with van der Waals surface area (Å²) >= 11 is 0. The van der Waals surface area contributed by atoms with E-state index in [4.69, 9.17) is 0 Å². The largest absolute Gasteiger partial charge is 0.361 e. The fourth-order valence-electron chi connectivity index (χ4n) is 3.86. The van der Waals surface area contributed by atoms with Crippen LogP contribution < -0.4 is 5.32 Å². The van der Waals surface area contributed by atoms with Gasteiger partial charge < -0.3 is 15.2 Å². The number of nitrogens with zero attached hydrogens (tertiary/aromatic N) is 1. The van der Waals surface area contributed by atoms with Crippen LogP contribution in [0.5, 0.6) is 0 Å². The number of hydrogen-bond donors (Lipinski definition) is 2. The minimum Gasteiger partial charge on any atom is -0.361 e. The molecule has 1 aliphatic heterocycles. The van der Waals surface area contributed by atoms with Crippen molar-refractivity contribution in [2.24, 2.45) is 0 Å². The highest BCUT2D eigenvalue weighted by Gasteiger charge is 2.32. The van der Waals surface area contributed by atoms with Gasteiger partial charge in [0.05, 0.1) is 0 Å². The summed E-state index contributed by atoms with van der Waals surface area (Å²) in [5.41, 5.74) is 4.55. The van der Waals surface area contributed by atoms with Gasteiger partial charge in [0.2, 0.25) is 11.8 Å². The Bertz CT molecular complexity index is 992. The standard InChI is InChI=1S/C22H23N3O2/c1-15(26)25-14-18-7-3-2-6-16(18)12-21(25)22(27)23-11-10-17-13-24-20-9-5-4-8-19(17)20/h2-9,13,21,24H,10-12,14H2,1H3,(H,23,27)/t21-/m1/s1. The third-order valence-corrected chi connectivity index (χ3v) is 5.32. The van der Waals surface area contributed by atoms with Gasteiger partial charge in [-0.3, -0.25) is 9.59 Å². The summed E-state index contributed by atoms with van der Waals surface area (Å²) in [6.07, 6.45) is 3.31. The van der Waals surface area contributed by atoms with Gasteiger partial charge in [-0.05, 0) is 29.2 Å². The first kappa shape index (κ1) is 17.3. The molecule has 0 spiro atoms. The van der Waals surface area contributed by atoms with Crippen molar-refractivity contribution in [3.63, 3.8) is 0 Å². The highest BCUT2D eigenvalue weighted by atomic mass is 16.2. The van der Waals surface area contributed by atoms with Gasteiger partial charge in [-0.1, -0.05) is 42.5 Å². The number of para-hydroxylation sites is 1. The van der Waals surface area contributed by atoms with Crippen LogP contribution in [0.2, 0.25) is 0 Å². The molecule has 5 nitrogen and oxygen atoms in total. The first-order chi connectivity index (χ1) is 13.1. The fourth-order valence-corrected chi connectivity index (χ4v) is 3.86. The predicted octanol–water partition coefficient (Wildman–Crippen LogP) is 2.80. The van der Waals surface area contributed by atoms with Crippen LogP contribution in [0.4, 0.5) is 0 Å². The van der Waals surface area contributed by atoms with E-state index in [9.17, 15) is 9.59 Å². The second-order valence-corrected chi connectivity index (χ2v) is 7.04. The molecule has 1 aliphatic rings. The van der Waals surface area contributed by atoms with Crippen LogP contribution >= 0.6 is 0 Å². The second kappa shape index (κ2) is 7.27. The molecule has 2 amide bonds. The quantitative estimate of drug-likeness (QED) is 0.750. The first-order valence-electron chi connectivity index (χ1n) is 9.30. The smallest absolute Gasteiger partial charge is 0.243 e. The molecule has 0 radical (unpaired) electrons. The molecule has 1 aromatic heterocycles. The normalized spacial score (nSPS) is 16.2. The molecular formula is C22H23N3O2. The number of aromatic nitrogens is 1. The maximum atomic E-state index is 12.8. The van der Waals surface area contributed by atoms with E-state index in [1.54, 1.807) is 4.90 Å². The third kappa shape index (κ3) is 3.45. The van der Waals surface area contributed by atoms with E-state index in [1.807, 2.05) is 48.7 Å². The van der Waals surface area contributed by atoms with E-state index >= 15 is 0 Å². The van der Waals surface area contributed by atoms with Crippen LogP contribution in [0.3, 0.4) is 0 Å². The van der Waals surface area contributed by atoms with Crippen molar-refractivity contribution in [2.45, 2.75) is 32.4 Å². The molecule has 2 N–H and O–H groups in total. The van der Waals surface area contributed by atoms with Gasteiger partial charge in [-0.15, -0.1) is 0 Å². The van der Waals surface area contributed by atoms with E-state index in [0.717, 1.165) is 23.1 Å². The molecule has 3 aromatic rings. The van der Waals surface area contributed by atoms with Crippen molar-refractivity contribution < 1.29 is 9.59 Å². The molecule has 138 valence electrons. The average Bonchev–Trinajstić information content (AvgIpc) is 3.10. The molecule has 5 heteroatoms. The lowest BCUT2D eigenvalue weighted by Gasteiger charge is -2.35. The van der Waals surface area contributed by atoms with Gasteiger partial charge in [-0.2, -0.15) is 0 Å². The first-order valence-corrected chi connectivity index (χ1v) is 9.30. The van der Waals surface area contributed by atoms with Gasteiger partial charge >= 0.3 is 0 Å². The van der Waals surface area contributed by atoms with E-state index in [2.05, 4.69) is 16.4 Å². The summed E-state index contributed by atoms with van der Waals surface area (Å²) in [7, 11) is 0. The predicted molar refractivity (Wildman–Crippen MR) is 105 cm³/mol. The van der Waals surface area contributed by atoms with E-state index in [0.29, 0.717) is 19.5 Å². The van der Waals surface area contributed by atoms with Crippen LogP contribution in [0.15, 0.2) is 54.7 Å². The van der Waals surface area contributed by atoms with Crippen molar-refractivity contribution in [3.8, 4) is 0 Å². The molecule has 27 heavy (non-hydrogen) atoms. The number of H-pyrrole nitrogens is 1. The van der Waals surface area contributed by atoms with Crippen molar-refractivity contribution in [3.05, 3.63) is 71.4 Å². The molecule has 1 atom stereocenters. The number of aromatic amines is 1. The summed E-state index contributed by atoms with van der Waals surface area (Å²) in [5, 5.41) is 4.21. The Labute approximate surface area is 158 Å². The molecule has 0 saturated carbocycles. The zero-order valence-electron chi connectivity index (χ0n) is 15.4. The lowest BCUT2D eigenvalue weighted by Crippen LogP contribution is -2.52. The summed E-state index contributed by atoms with van der Waals surface area (Å²) in [5.74, 6) is -0.152. The van der Waals surface area contributed by atoms with Gasteiger partial charge in [-0.25, -0.2) is 0 Å². The minimum absolute atomic E-state index is 0.0683. The Hall–Kier alpha value is -3.08. The van der Waals surface area contributed by atoms with Gasteiger partial charge in [0, 0.05) is 43.5 Å². The number of nitrogens with one attached hydrogen (secondary N) is 2. The maximum Gasteiger partial charge on any atom is 0.243 e. The maximum absolute atomic E-state index is 12.8. The molecular weight excluding hydrogens is 338 g/mol. The Morgan fingerprint density at radius 3 is 2.67 bits per heavy atom. The molecule has 0 unspecified atom stereocenters. The number of amides is 2. The molecule has 0 bridgehead atoms. The van der Waals surface area contributed by atoms with Gasteiger partial charge in [0.25, 0.3) is 0 Å². The fraction of sp³-hybridized carbons (Fsp3) is 0.273. The van der Waals surface area contributed by atoms with Gasteiger partial charge in [0.15, 0.2) is 0 Å².